The average Bonchev–Trinajstić information content (AvgIpc) is 2.69. The zero-order valence-electron chi connectivity index (χ0n) is 13.7. The summed E-state index contributed by atoms with van der Waals surface area (Å²) in [5, 5.41) is 0. The lowest BCUT2D eigenvalue weighted by molar-refractivity contribution is -0.0389. The zero-order chi connectivity index (χ0) is 16.5. The second-order valence-corrected chi connectivity index (χ2v) is 6.58. The van der Waals surface area contributed by atoms with Gasteiger partial charge in [-0.05, 0) is 38.0 Å². The summed E-state index contributed by atoms with van der Waals surface area (Å²) in [7, 11) is 3.45. The van der Waals surface area contributed by atoms with Gasteiger partial charge in [-0.1, -0.05) is 0 Å². The third kappa shape index (κ3) is 2.75. The molecule has 1 aromatic rings. The fourth-order valence-electron chi connectivity index (χ4n) is 2.99. The summed E-state index contributed by atoms with van der Waals surface area (Å²) in [6, 6.07) is 1.90. The molecule has 0 radical (unpaired) electrons. The van der Waals surface area contributed by atoms with Crippen LogP contribution >= 0.6 is 16.1 Å². The highest BCUT2D eigenvalue weighted by Gasteiger charge is 2.50. The molecule has 5 nitrogen and oxygen atoms in total. The summed E-state index contributed by atoms with van der Waals surface area (Å²) >= 11 is 3.45. The summed E-state index contributed by atoms with van der Waals surface area (Å²) in [5.41, 5.74) is 2.43. The van der Waals surface area contributed by atoms with Crippen molar-refractivity contribution in [1.29, 1.82) is 0 Å². The third-order valence-electron chi connectivity index (χ3n) is 3.87. The molecule has 0 N–H and O–H groups in total. The maximum absolute atomic E-state index is 13.0. The first-order chi connectivity index (χ1) is 10.4. The van der Waals surface area contributed by atoms with Crippen LogP contribution < -0.4 is 8.66 Å². The third-order valence-corrected chi connectivity index (χ3v) is 4.22. The number of carbonyl (C=O) groups excluding carboxylic acids is 1. The molecular formula is C16H22BrNO4. The number of rotatable bonds is 6. The van der Waals surface area contributed by atoms with Crippen molar-refractivity contribution in [2.75, 3.05) is 37.9 Å². The van der Waals surface area contributed by atoms with E-state index in [2.05, 4.69) is 16.1 Å². The van der Waals surface area contributed by atoms with Crippen LogP contribution in [-0.4, -0.2) is 45.4 Å². The molecule has 1 heterocycles. The van der Waals surface area contributed by atoms with Crippen LogP contribution in [-0.2, 0) is 9.47 Å². The molecule has 1 atom stereocenters. The number of hydrogen-bond acceptors (Lipinski definition) is 5. The fourth-order valence-corrected chi connectivity index (χ4v) is 3.53. The molecule has 0 spiro atoms. The largest absolute Gasteiger partial charge is 0.473 e. The Kier molecular flexibility index (Phi) is 5.14. The minimum absolute atomic E-state index is 0.0779. The number of hydrogen-bond donors (Lipinski definition) is 0. The predicted octanol–water partition coefficient (Wildman–Crippen LogP) is 3.05. The molecule has 1 unspecified atom stereocenters. The van der Waals surface area contributed by atoms with E-state index in [9.17, 15) is 4.79 Å². The van der Waals surface area contributed by atoms with E-state index in [1.54, 1.807) is 7.11 Å². The molecule has 1 aliphatic rings. The summed E-state index contributed by atoms with van der Waals surface area (Å²) < 4.78 is 18.6. The molecule has 0 aliphatic carbocycles. The van der Waals surface area contributed by atoms with Gasteiger partial charge >= 0.3 is 0 Å². The van der Waals surface area contributed by atoms with Crippen molar-refractivity contribution in [3.8, 4) is 5.75 Å². The number of anilines is 1. The molecule has 122 valence electrons. The van der Waals surface area contributed by atoms with Crippen LogP contribution in [0.2, 0.25) is 0 Å². The van der Waals surface area contributed by atoms with Gasteiger partial charge in [0.1, 0.15) is 5.75 Å². The topological polar surface area (TPSA) is 48.0 Å². The van der Waals surface area contributed by atoms with E-state index in [-0.39, 0.29) is 19.0 Å². The lowest BCUT2D eigenvalue weighted by Gasteiger charge is -2.25. The second kappa shape index (κ2) is 6.56. The first-order valence-electron chi connectivity index (χ1n) is 7.22. The average molecular weight is 372 g/mol. The van der Waals surface area contributed by atoms with E-state index in [0.29, 0.717) is 17.9 Å². The van der Waals surface area contributed by atoms with Crippen molar-refractivity contribution in [2.45, 2.75) is 26.4 Å². The molecule has 0 fully saturated rings. The first kappa shape index (κ1) is 17.2. The van der Waals surface area contributed by atoms with Gasteiger partial charge < -0.3 is 18.1 Å². The molecular weight excluding hydrogens is 350 g/mol. The van der Waals surface area contributed by atoms with Crippen LogP contribution in [0.15, 0.2) is 6.07 Å². The lowest BCUT2D eigenvalue weighted by Crippen LogP contribution is -2.49. The van der Waals surface area contributed by atoms with Crippen molar-refractivity contribution in [1.82, 2.24) is 0 Å². The van der Waals surface area contributed by atoms with Gasteiger partial charge in [0, 0.05) is 36.9 Å². The fraction of sp³-hybridized carbons (Fsp3) is 0.562. The second-order valence-electron chi connectivity index (χ2n) is 5.51. The molecule has 0 aromatic heterocycles. The van der Waals surface area contributed by atoms with Crippen LogP contribution in [0.3, 0.4) is 0 Å². The van der Waals surface area contributed by atoms with Crippen LogP contribution in [0.1, 0.15) is 28.4 Å². The van der Waals surface area contributed by atoms with Crippen molar-refractivity contribution in [3.05, 3.63) is 22.8 Å². The Morgan fingerprint density at radius 2 is 2.05 bits per heavy atom. The van der Waals surface area contributed by atoms with Crippen molar-refractivity contribution in [3.63, 3.8) is 0 Å². The molecule has 6 heteroatoms. The minimum Gasteiger partial charge on any atom is -0.473 e. The van der Waals surface area contributed by atoms with E-state index in [1.807, 2.05) is 37.8 Å². The van der Waals surface area contributed by atoms with E-state index < -0.39 is 5.60 Å². The van der Waals surface area contributed by atoms with Crippen LogP contribution in [0, 0.1) is 13.8 Å². The van der Waals surface area contributed by atoms with Crippen LogP contribution in [0.5, 0.6) is 5.75 Å². The Balaban J connectivity index is 2.52. The van der Waals surface area contributed by atoms with Crippen LogP contribution in [0.4, 0.5) is 5.69 Å². The van der Waals surface area contributed by atoms with E-state index in [4.69, 9.17) is 14.2 Å². The monoisotopic (exact) mass is 371 g/mol. The summed E-state index contributed by atoms with van der Waals surface area (Å²) in [4.78, 5) is 13.0. The number of carbonyl (C=O) groups is 1. The van der Waals surface area contributed by atoms with E-state index in [0.717, 1.165) is 16.8 Å². The van der Waals surface area contributed by atoms with Gasteiger partial charge in [-0.15, -0.1) is 0 Å². The maximum atomic E-state index is 13.0. The van der Waals surface area contributed by atoms with Gasteiger partial charge in [-0.25, -0.2) is 0 Å². The molecule has 0 amide bonds. The molecule has 1 aliphatic heterocycles. The quantitative estimate of drug-likeness (QED) is 0.719. The van der Waals surface area contributed by atoms with Gasteiger partial charge in [0.15, 0.2) is 0 Å². The van der Waals surface area contributed by atoms with Gasteiger partial charge in [-0.3, -0.25) is 4.79 Å². The Bertz CT molecular complexity index is 588. The van der Waals surface area contributed by atoms with Crippen molar-refractivity contribution >= 4 is 27.6 Å². The van der Waals surface area contributed by atoms with E-state index >= 15 is 0 Å². The number of methoxy groups -OCH3 is 1. The Morgan fingerprint density at radius 3 is 2.59 bits per heavy atom. The molecule has 0 bridgehead atoms. The Labute approximate surface area is 139 Å². The predicted molar refractivity (Wildman–Crippen MR) is 89.3 cm³/mol. The van der Waals surface area contributed by atoms with Gasteiger partial charge in [-0.2, -0.15) is 0 Å². The minimum atomic E-state index is -1.09. The van der Waals surface area contributed by atoms with Gasteiger partial charge in [0.25, 0.3) is 0 Å². The van der Waals surface area contributed by atoms with Crippen LogP contribution in [0.25, 0.3) is 0 Å². The summed E-state index contributed by atoms with van der Waals surface area (Å²) in [6.07, 6.45) is 0. The van der Waals surface area contributed by atoms with E-state index in [1.165, 1.54) is 0 Å². The first-order valence-corrected chi connectivity index (χ1v) is 7.93. The molecule has 0 saturated heterocycles. The van der Waals surface area contributed by atoms with Gasteiger partial charge in [0.05, 0.1) is 24.5 Å². The highest BCUT2D eigenvalue weighted by molar-refractivity contribution is 9.10. The number of Topliss-reactive ketones (excluding diaryl/α,β-unsaturated/α-hetero) is 1. The maximum Gasteiger partial charge on any atom is 0.217 e. The lowest BCUT2D eigenvalue weighted by atomic mass is 9.92. The summed E-state index contributed by atoms with van der Waals surface area (Å²) in [6.45, 7) is 6.68. The number of halogens is 1. The Morgan fingerprint density at radius 1 is 1.36 bits per heavy atom. The molecule has 22 heavy (non-hydrogen) atoms. The molecule has 0 saturated carbocycles. The highest BCUT2D eigenvalue weighted by Crippen LogP contribution is 2.43. The summed E-state index contributed by atoms with van der Waals surface area (Å²) in [5.74, 6) is 0.528. The standard InChI is InChI=1S/C16H22BrNO4/c1-6-21-9-16(8-20-5)15(19)13-11(3)14(18(4)17)10(2)7-12(13)22-16/h7H,6,8-9H2,1-5H3. The number of benzene rings is 1. The zero-order valence-corrected chi connectivity index (χ0v) is 15.2. The van der Waals surface area contributed by atoms with Gasteiger partial charge in [0.2, 0.25) is 11.4 Å². The normalized spacial score (nSPS) is 20.0. The van der Waals surface area contributed by atoms with Crippen molar-refractivity contribution < 1.29 is 19.0 Å². The number of ketones is 1. The number of nitrogens with zero attached hydrogens (tertiary/aromatic N) is 1. The Hall–Kier alpha value is -1.11. The number of fused-ring (bicyclic) bond motifs is 1. The molecule has 2 rings (SSSR count). The highest BCUT2D eigenvalue weighted by atomic mass is 79.9. The van der Waals surface area contributed by atoms with Crippen molar-refractivity contribution in [2.24, 2.45) is 0 Å². The number of ether oxygens (including phenoxy) is 3. The number of aryl methyl sites for hydroxylation is 1. The SMILES string of the molecule is CCOCC1(COC)Oc2cc(C)c(N(C)Br)c(C)c2C1=O. The molecule has 1 aromatic carbocycles. The smallest absolute Gasteiger partial charge is 0.217 e.